The molecule has 22 heavy (non-hydrogen) atoms. The fourth-order valence-electron chi connectivity index (χ4n) is 1.76. The molecule has 0 aliphatic rings. The van der Waals surface area contributed by atoms with Gasteiger partial charge in [-0.25, -0.2) is 8.78 Å². The molecule has 2 aromatic rings. The minimum atomic E-state index is -0.910. The maximum absolute atomic E-state index is 13.0. The van der Waals surface area contributed by atoms with Gasteiger partial charge in [-0.15, -0.1) is 0 Å². The Bertz CT molecular complexity index is 660. The summed E-state index contributed by atoms with van der Waals surface area (Å²) >= 11 is 5.06. The van der Waals surface area contributed by atoms with Crippen LogP contribution in [-0.4, -0.2) is 17.9 Å². The molecule has 2 N–H and O–H groups in total. The minimum absolute atomic E-state index is 0.370. The van der Waals surface area contributed by atoms with Gasteiger partial charge in [-0.05, 0) is 41.9 Å². The first-order chi connectivity index (χ1) is 10.6. The summed E-state index contributed by atoms with van der Waals surface area (Å²) in [4.78, 5) is 0. The molecule has 3 nitrogen and oxygen atoms in total. The van der Waals surface area contributed by atoms with E-state index in [9.17, 15) is 8.78 Å². The summed E-state index contributed by atoms with van der Waals surface area (Å²) in [6, 6.07) is 13.6. The van der Waals surface area contributed by atoms with Crippen molar-refractivity contribution < 1.29 is 8.78 Å². The summed E-state index contributed by atoms with van der Waals surface area (Å²) in [5.41, 5.74) is 4.28. The van der Waals surface area contributed by atoms with Crippen LogP contribution in [0.5, 0.6) is 0 Å². The van der Waals surface area contributed by atoms with Crippen LogP contribution in [0.2, 0.25) is 0 Å². The third-order valence-corrected chi connectivity index (χ3v) is 3.10. The third kappa shape index (κ3) is 5.21. The van der Waals surface area contributed by atoms with Crippen molar-refractivity contribution in [1.82, 2.24) is 10.7 Å². The van der Waals surface area contributed by atoms with E-state index >= 15 is 0 Å². The van der Waals surface area contributed by atoms with Gasteiger partial charge in [-0.1, -0.05) is 36.4 Å². The Kier molecular flexibility index (Phi) is 5.97. The van der Waals surface area contributed by atoms with E-state index in [0.717, 1.165) is 18.6 Å². The Labute approximate surface area is 133 Å². The molecule has 6 heteroatoms. The fraction of sp³-hybridized carbons (Fsp3) is 0.125. The molecule has 0 aliphatic heterocycles. The van der Waals surface area contributed by atoms with Gasteiger partial charge in [0.15, 0.2) is 16.7 Å². The van der Waals surface area contributed by atoms with E-state index in [1.165, 1.54) is 17.8 Å². The van der Waals surface area contributed by atoms with Crippen molar-refractivity contribution in [3.05, 3.63) is 71.3 Å². The topological polar surface area (TPSA) is 36.4 Å². The van der Waals surface area contributed by atoms with Gasteiger partial charge in [-0.2, -0.15) is 5.10 Å². The molecule has 0 bridgehead atoms. The Morgan fingerprint density at radius 2 is 1.86 bits per heavy atom. The maximum Gasteiger partial charge on any atom is 0.186 e. The molecular weight excluding hydrogens is 304 g/mol. The van der Waals surface area contributed by atoms with Gasteiger partial charge in [0, 0.05) is 6.54 Å². The van der Waals surface area contributed by atoms with Crippen molar-refractivity contribution in [3.8, 4) is 0 Å². The molecule has 2 aromatic carbocycles. The summed E-state index contributed by atoms with van der Waals surface area (Å²) in [6.07, 6.45) is 2.21. The number of thiocarbonyl (C=S) groups is 1. The minimum Gasteiger partial charge on any atom is -0.361 e. The molecule has 114 valence electrons. The zero-order valence-corrected chi connectivity index (χ0v) is 12.5. The summed E-state index contributed by atoms with van der Waals surface area (Å²) in [7, 11) is 0. The van der Waals surface area contributed by atoms with E-state index in [1.54, 1.807) is 0 Å². The van der Waals surface area contributed by atoms with Crippen molar-refractivity contribution in [1.29, 1.82) is 0 Å². The number of hydrogen-bond donors (Lipinski definition) is 2. The molecule has 2 rings (SSSR count). The zero-order chi connectivity index (χ0) is 15.8. The number of halogens is 2. The summed E-state index contributed by atoms with van der Waals surface area (Å²) in [6.45, 7) is 0.677. The maximum atomic E-state index is 13.0. The number of nitrogens with zero attached hydrogens (tertiary/aromatic N) is 1. The van der Waals surface area contributed by atoms with Gasteiger partial charge in [0.1, 0.15) is 0 Å². The monoisotopic (exact) mass is 319 g/mol. The predicted octanol–water partition coefficient (Wildman–Crippen LogP) is 3.01. The number of benzene rings is 2. The molecule has 0 aromatic heterocycles. The second-order valence-electron chi connectivity index (χ2n) is 4.54. The quantitative estimate of drug-likeness (QED) is 0.505. The largest absolute Gasteiger partial charge is 0.361 e. The average Bonchev–Trinajstić information content (AvgIpc) is 2.52. The van der Waals surface area contributed by atoms with Crippen LogP contribution in [0, 0.1) is 11.6 Å². The van der Waals surface area contributed by atoms with Crippen molar-refractivity contribution in [3.63, 3.8) is 0 Å². The first-order valence-electron chi connectivity index (χ1n) is 6.71. The second kappa shape index (κ2) is 8.19. The van der Waals surface area contributed by atoms with Gasteiger partial charge >= 0.3 is 0 Å². The first kappa shape index (κ1) is 16.0. The van der Waals surface area contributed by atoms with Crippen LogP contribution >= 0.6 is 12.2 Å². The number of nitrogens with one attached hydrogen (secondary N) is 2. The van der Waals surface area contributed by atoms with Crippen LogP contribution < -0.4 is 10.7 Å². The van der Waals surface area contributed by atoms with Crippen LogP contribution in [0.4, 0.5) is 8.78 Å². The summed E-state index contributed by atoms with van der Waals surface area (Å²) < 4.78 is 25.8. The smallest absolute Gasteiger partial charge is 0.186 e. The summed E-state index contributed by atoms with van der Waals surface area (Å²) in [5, 5.41) is 7.25. The van der Waals surface area contributed by atoms with E-state index in [0.29, 0.717) is 17.2 Å². The van der Waals surface area contributed by atoms with E-state index in [1.807, 2.05) is 30.3 Å². The Balaban J connectivity index is 1.73. The van der Waals surface area contributed by atoms with E-state index < -0.39 is 11.6 Å². The zero-order valence-electron chi connectivity index (χ0n) is 11.7. The van der Waals surface area contributed by atoms with Crippen LogP contribution in [0.3, 0.4) is 0 Å². The van der Waals surface area contributed by atoms with Gasteiger partial charge in [0.25, 0.3) is 0 Å². The first-order valence-corrected chi connectivity index (χ1v) is 7.12. The van der Waals surface area contributed by atoms with Crippen molar-refractivity contribution in [2.75, 3.05) is 6.54 Å². The molecule has 0 atom stereocenters. The SMILES string of the molecule is Fc1ccc(/C=N\NC(=S)NCCc2ccccc2)cc1F. The lowest BCUT2D eigenvalue weighted by Crippen LogP contribution is -2.33. The Hall–Kier alpha value is -2.34. The summed E-state index contributed by atoms with van der Waals surface area (Å²) in [5.74, 6) is -1.80. The normalized spacial score (nSPS) is 10.6. The molecule has 0 spiro atoms. The Morgan fingerprint density at radius 3 is 2.59 bits per heavy atom. The highest BCUT2D eigenvalue weighted by atomic mass is 32.1. The van der Waals surface area contributed by atoms with Gasteiger partial charge < -0.3 is 5.32 Å². The number of rotatable bonds is 5. The van der Waals surface area contributed by atoms with E-state index in [-0.39, 0.29) is 0 Å². The highest BCUT2D eigenvalue weighted by Crippen LogP contribution is 2.06. The molecule has 0 saturated heterocycles. The van der Waals surface area contributed by atoms with Crippen LogP contribution in [0.15, 0.2) is 53.6 Å². The molecule has 0 amide bonds. The molecule has 0 radical (unpaired) electrons. The third-order valence-electron chi connectivity index (χ3n) is 2.87. The van der Waals surface area contributed by atoms with Gasteiger partial charge in [0.2, 0.25) is 0 Å². The molecule has 0 saturated carbocycles. The average molecular weight is 319 g/mol. The van der Waals surface area contributed by atoms with Gasteiger partial charge in [0.05, 0.1) is 6.21 Å². The fourth-order valence-corrected chi connectivity index (χ4v) is 1.92. The molecule has 0 fully saturated rings. The predicted molar refractivity (Wildman–Crippen MR) is 87.8 cm³/mol. The lowest BCUT2D eigenvalue weighted by atomic mass is 10.1. The highest BCUT2D eigenvalue weighted by Gasteiger charge is 2.00. The van der Waals surface area contributed by atoms with Crippen molar-refractivity contribution >= 4 is 23.5 Å². The lowest BCUT2D eigenvalue weighted by Gasteiger charge is -2.06. The van der Waals surface area contributed by atoms with E-state index in [4.69, 9.17) is 12.2 Å². The van der Waals surface area contributed by atoms with Crippen LogP contribution in [-0.2, 0) is 6.42 Å². The van der Waals surface area contributed by atoms with Crippen LogP contribution in [0.1, 0.15) is 11.1 Å². The standard InChI is InChI=1S/C16H15F2N3S/c17-14-7-6-13(10-15(14)18)11-20-21-16(22)19-9-8-12-4-2-1-3-5-12/h1-7,10-11H,8-9H2,(H2,19,21,22)/b20-11-. The molecule has 0 heterocycles. The highest BCUT2D eigenvalue weighted by molar-refractivity contribution is 7.80. The van der Waals surface area contributed by atoms with Gasteiger partial charge in [-0.3, -0.25) is 5.43 Å². The van der Waals surface area contributed by atoms with Crippen molar-refractivity contribution in [2.45, 2.75) is 6.42 Å². The van der Waals surface area contributed by atoms with Crippen LogP contribution in [0.25, 0.3) is 0 Å². The molecular formula is C16H15F2N3S. The lowest BCUT2D eigenvalue weighted by molar-refractivity contribution is 0.508. The van der Waals surface area contributed by atoms with E-state index in [2.05, 4.69) is 15.8 Å². The second-order valence-corrected chi connectivity index (χ2v) is 4.94. The molecule has 0 unspecified atom stereocenters. The Morgan fingerprint density at radius 1 is 1.09 bits per heavy atom. The number of hydrazone groups is 1. The van der Waals surface area contributed by atoms with Crippen molar-refractivity contribution in [2.24, 2.45) is 5.10 Å². The number of hydrogen-bond acceptors (Lipinski definition) is 2. The molecule has 0 aliphatic carbocycles.